The molecule has 2 rings (SSSR count). The number of carbonyl (C=O) groups excluding carboxylic acids is 2. The van der Waals surface area contributed by atoms with Crippen molar-refractivity contribution in [1.82, 2.24) is 15.2 Å². The summed E-state index contributed by atoms with van der Waals surface area (Å²) < 4.78 is 0. The van der Waals surface area contributed by atoms with E-state index in [1.165, 1.54) is 0 Å². The van der Waals surface area contributed by atoms with Gasteiger partial charge in [0, 0.05) is 25.3 Å². The molecule has 0 aromatic carbocycles. The predicted molar refractivity (Wildman–Crippen MR) is 70.4 cm³/mol. The van der Waals surface area contributed by atoms with Crippen molar-refractivity contribution < 1.29 is 9.59 Å². The van der Waals surface area contributed by atoms with Crippen molar-refractivity contribution in [3.8, 4) is 0 Å². The average molecular weight is 262 g/mol. The van der Waals surface area contributed by atoms with E-state index in [4.69, 9.17) is 5.73 Å². The summed E-state index contributed by atoms with van der Waals surface area (Å²) in [7, 11) is 0. The average Bonchev–Trinajstić information content (AvgIpc) is 2.41. The first-order valence-corrected chi connectivity index (χ1v) is 6.37. The quantitative estimate of drug-likeness (QED) is 0.784. The smallest absolute Gasteiger partial charge is 0.270 e. The molecule has 1 aromatic heterocycles. The predicted octanol–water partition coefficient (Wildman–Crippen LogP) is -0.239. The van der Waals surface area contributed by atoms with Gasteiger partial charge in [0.15, 0.2) is 0 Å². The van der Waals surface area contributed by atoms with Crippen LogP contribution < -0.4 is 11.1 Å². The number of nitrogens with zero attached hydrogens (tertiary/aromatic N) is 2. The van der Waals surface area contributed by atoms with E-state index in [0.29, 0.717) is 12.2 Å². The summed E-state index contributed by atoms with van der Waals surface area (Å²) in [6, 6.07) is 5.40. The molecule has 0 aliphatic carbocycles. The molecule has 6 heteroatoms. The number of hydrogen-bond donors (Lipinski definition) is 2. The fourth-order valence-corrected chi connectivity index (χ4v) is 2.21. The van der Waals surface area contributed by atoms with Crippen LogP contribution in [0.2, 0.25) is 0 Å². The van der Waals surface area contributed by atoms with E-state index in [0.717, 1.165) is 25.9 Å². The molecule has 1 fully saturated rings. The maximum atomic E-state index is 11.9. The second kappa shape index (κ2) is 6.29. The Balaban J connectivity index is 1.80. The molecule has 0 saturated carbocycles. The summed E-state index contributed by atoms with van der Waals surface area (Å²) in [6.07, 6.45) is 3.25. The minimum absolute atomic E-state index is 0.138. The maximum absolute atomic E-state index is 11.9. The molecule has 3 N–H and O–H groups in total. The van der Waals surface area contributed by atoms with Crippen LogP contribution in [0.1, 0.15) is 23.3 Å². The molecule has 1 aliphatic heterocycles. The lowest BCUT2D eigenvalue weighted by Crippen LogP contribution is -2.46. The van der Waals surface area contributed by atoms with Gasteiger partial charge in [0.05, 0.1) is 6.54 Å². The van der Waals surface area contributed by atoms with Gasteiger partial charge >= 0.3 is 0 Å². The van der Waals surface area contributed by atoms with Crippen LogP contribution in [0, 0.1) is 0 Å². The monoisotopic (exact) mass is 262 g/mol. The highest BCUT2D eigenvalue weighted by atomic mass is 16.2. The van der Waals surface area contributed by atoms with Crippen LogP contribution in [0.15, 0.2) is 24.4 Å². The minimum atomic E-state index is -0.309. The molecular formula is C13H18N4O2. The fraction of sp³-hybridized carbons (Fsp3) is 0.462. The summed E-state index contributed by atoms with van der Waals surface area (Å²) in [4.78, 5) is 28.7. The number of likely N-dealkylation sites (tertiary alicyclic amines) is 1. The lowest BCUT2D eigenvalue weighted by molar-refractivity contribution is -0.119. The minimum Gasteiger partial charge on any atom is -0.369 e. The zero-order chi connectivity index (χ0) is 13.7. The molecule has 2 heterocycles. The Morgan fingerprint density at radius 3 is 2.68 bits per heavy atom. The van der Waals surface area contributed by atoms with Crippen LogP contribution in [0.5, 0.6) is 0 Å². The Labute approximate surface area is 112 Å². The Morgan fingerprint density at radius 2 is 2.11 bits per heavy atom. The van der Waals surface area contributed by atoms with Gasteiger partial charge in [0.25, 0.3) is 5.91 Å². The van der Waals surface area contributed by atoms with E-state index in [9.17, 15) is 9.59 Å². The fourth-order valence-electron chi connectivity index (χ4n) is 2.21. The van der Waals surface area contributed by atoms with Crippen molar-refractivity contribution >= 4 is 11.8 Å². The number of aromatic nitrogens is 1. The first-order valence-electron chi connectivity index (χ1n) is 6.37. The first-order chi connectivity index (χ1) is 9.15. The molecule has 1 aromatic rings. The highest BCUT2D eigenvalue weighted by Gasteiger charge is 2.22. The van der Waals surface area contributed by atoms with Gasteiger partial charge < -0.3 is 11.1 Å². The summed E-state index contributed by atoms with van der Waals surface area (Å²) >= 11 is 0. The number of rotatable bonds is 4. The molecule has 1 aliphatic rings. The van der Waals surface area contributed by atoms with E-state index in [-0.39, 0.29) is 17.9 Å². The van der Waals surface area contributed by atoms with Gasteiger partial charge in [-0.3, -0.25) is 19.5 Å². The number of piperidine rings is 1. The second-order valence-corrected chi connectivity index (χ2v) is 4.71. The zero-order valence-electron chi connectivity index (χ0n) is 10.7. The number of hydrogen-bond acceptors (Lipinski definition) is 4. The molecule has 2 amide bonds. The van der Waals surface area contributed by atoms with Gasteiger partial charge in [0.1, 0.15) is 5.69 Å². The molecule has 102 valence electrons. The lowest BCUT2D eigenvalue weighted by Gasteiger charge is -2.31. The summed E-state index contributed by atoms with van der Waals surface area (Å²) in [6.45, 7) is 1.84. The van der Waals surface area contributed by atoms with E-state index >= 15 is 0 Å². The van der Waals surface area contributed by atoms with E-state index in [2.05, 4.69) is 10.3 Å². The molecular weight excluding hydrogens is 244 g/mol. The highest BCUT2D eigenvalue weighted by Crippen LogP contribution is 2.10. The van der Waals surface area contributed by atoms with Gasteiger partial charge in [-0.2, -0.15) is 0 Å². The Morgan fingerprint density at radius 1 is 1.37 bits per heavy atom. The third-order valence-electron chi connectivity index (χ3n) is 3.20. The van der Waals surface area contributed by atoms with Gasteiger partial charge in [-0.15, -0.1) is 0 Å². The number of nitrogens with two attached hydrogens (primary N) is 1. The maximum Gasteiger partial charge on any atom is 0.270 e. The Bertz CT molecular complexity index is 441. The van der Waals surface area contributed by atoms with Gasteiger partial charge in [0.2, 0.25) is 5.91 Å². The third-order valence-corrected chi connectivity index (χ3v) is 3.20. The lowest BCUT2D eigenvalue weighted by atomic mass is 10.0. The molecule has 0 spiro atoms. The highest BCUT2D eigenvalue weighted by molar-refractivity contribution is 5.92. The van der Waals surface area contributed by atoms with Crippen molar-refractivity contribution in [1.29, 1.82) is 0 Å². The molecule has 0 atom stereocenters. The van der Waals surface area contributed by atoms with Crippen LogP contribution in [-0.4, -0.2) is 47.4 Å². The summed E-state index contributed by atoms with van der Waals surface area (Å²) in [5, 5.41) is 2.96. The van der Waals surface area contributed by atoms with Crippen LogP contribution in [0.3, 0.4) is 0 Å². The molecule has 0 bridgehead atoms. The number of carbonyl (C=O) groups is 2. The molecule has 0 radical (unpaired) electrons. The third kappa shape index (κ3) is 4.03. The number of amides is 2. The van der Waals surface area contributed by atoms with Gasteiger partial charge in [-0.25, -0.2) is 0 Å². The number of nitrogens with one attached hydrogen (secondary N) is 1. The second-order valence-electron chi connectivity index (χ2n) is 4.71. The van der Waals surface area contributed by atoms with Gasteiger partial charge in [-0.1, -0.05) is 6.07 Å². The largest absolute Gasteiger partial charge is 0.369 e. The standard InChI is InChI=1S/C13H18N4O2/c14-12(18)9-17-7-4-10(5-8-17)16-13(19)11-3-1-2-6-15-11/h1-3,6,10H,4-5,7-9H2,(H2,14,18)(H,16,19). The number of pyridine rings is 1. The molecule has 6 nitrogen and oxygen atoms in total. The molecule has 19 heavy (non-hydrogen) atoms. The SMILES string of the molecule is NC(=O)CN1CCC(NC(=O)c2ccccn2)CC1. The zero-order valence-corrected chi connectivity index (χ0v) is 10.7. The van der Waals surface area contributed by atoms with Gasteiger partial charge in [-0.05, 0) is 25.0 Å². The molecule has 1 saturated heterocycles. The Hall–Kier alpha value is -1.95. The first kappa shape index (κ1) is 13.5. The van der Waals surface area contributed by atoms with Crippen molar-refractivity contribution in [3.05, 3.63) is 30.1 Å². The van der Waals surface area contributed by atoms with E-state index < -0.39 is 0 Å². The summed E-state index contributed by atoms with van der Waals surface area (Å²) in [5.41, 5.74) is 5.59. The van der Waals surface area contributed by atoms with Crippen LogP contribution in [0.4, 0.5) is 0 Å². The topological polar surface area (TPSA) is 88.3 Å². The Kier molecular flexibility index (Phi) is 4.46. The van der Waals surface area contributed by atoms with E-state index in [1.807, 2.05) is 4.90 Å². The van der Waals surface area contributed by atoms with Crippen molar-refractivity contribution in [3.63, 3.8) is 0 Å². The van der Waals surface area contributed by atoms with Crippen LogP contribution >= 0.6 is 0 Å². The molecule has 0 unspecified atom stereocenters. The van der Waals surface area contributed by atoms with Crippen molar-refractivity contribution in [2.45, 2.75) is 18.9 Å². The van der Waals surface area contributed by atoms with Crippen LogP contribution in [0.25, 0.3) is 0 Å². The van der Waals surface area contributed by atoms with Crippen LogP contribution in [-0.2, 0) is 4.79 Å². The number of primary amides is 1. The van der Waals surface area contributed by atoms with Crippen molar-refractivity contribution in [2.75, 3.05) is 19.6 Å². The van der Waals surface area contributed by atoms with Crippen molar-refractivity contribution in [2.24, 2.45) is 5.73 Å². The van der Waals surface area contributed by atoms with E-state index in [1.54, 1.807) is 24.4 Å². The summed E-state index contributed by atoms with van der Waals surface area (Å²) in [5.74, 6) is -0.454. The normalized spacial score (nSPS) is 17.1.